The highest BCUT2D eigenvalue weighted by molar-refractivity contribution is 7.99. The van der Waals surface area contributed by atoms with E-state index in [9.17, 15) is 4.21 Å². The van der Waals surface area contributed by atoms with E-state index < -0.39 is 11.1 Å². The van der Waals surface area contributed by atoms with E-state index in [1.807, 2.05) is 19.4 Å². The maximum atomic E-state index is 10.9. The number of thioether (sulfide) groups is 1. The lowest BCUT2D eigenvalue weighted by molar-refractivity contribution is 0.564. The number of fused-ring (bicyclic) bond motifs is 1. The topological polar surface area (TPSA) is 52.6 Å². The molecule has 0 saturated carbocycles. The number of anilines is 2. The fourth-order valence-electron chi connectivity index (χ4n) is 1.61. The Morgan fingerprint density at radius 3 is 2.93 bits per heavy atom. The van der Waals surface area contributed by atoms with Gasteiger partial charge in [0, 0.05) is 7.05 Å². The number of nitrogens with one attached hydrogen (secondary N) is 1. The van der Waals surface area contributed by atoms with Gasteiger partial charge < -0.3 is 14.8 Å². The molecule has 0 saturated heterocycles. The Balaban J connectivity index is 2.39. The molecule has 1 aliphatic heterocycles. The van der Waals surface area contributed by atoms with E-state index in [4.69, 9.17) is 4.55 Å². The monoisotopic (exact) mass is 244 g/mol. The molecule has 82 valence electrons. The van der Waals surface area contributed by atoms with Crippen molar-refractivity contribution in [3.05, 3.63) is 18.2 Å². The average molecular weight is 244 g/mol. The first kappa shape index (κ1) is 10.8. The summed E-state index contributed by atoms with van der Waals surface area (Å²) in [6.45, 7) is 0. The van der Waals surface area contributed by atoms with Crippen LogP contribution in [0.3, 0.4) is 0 Å². The summed E-state index contributed by atoms with van der Waals surface area (Å²) in [5.74, 6) is 0. The zero-order valence-corrected chi connectivity index (χ0v) is 10.1. The van der Waals surface area contributed by atoms with Crippen LogP contribution in [0.25, 0.3) is 0 Å². The Morgan fingerprint density at radius 1 is 1.60 bits per heavy atom. The van der Waals surface area contributed by atoms with Crippen LogP contribution in [0.4, 0.5) is 11.4 Å². The SMILES string of the molecule is CSC1Nc2ccc(S(=O)O)cc2N1C. The minimum Gasteiger partial charge on any atom is -0.355 e. The first-order valence-electron chi connectivity index (χ1n) is 4.40. The predicted octanol–water partition coefficient (Wildman–Crippen LogP) is 1.78. The Hall–Kier alpha value is -0.720. The summed E-state index contributed by atoms with van der Waals surface area (Å²) >= 11 is -0.223. The molecule has 0 amide bonds. The van der Waals surface area contributed by atoms with Crippen LogP contribution in [0.1, 0.15) is 0 Å². The standard InChI is InChI=1S/C9H12N2O2S2/c1-11-8-5-6(15(12)13)3-4-7(8)10-9(11)14-2/h3-5,9-10H,1-2H3,(H,12,13). The van der Waals surface area contributed by atoms with Crippen LogP contribution in [-0.2, 0) is 11.1 Å². The highest BCUT2D eigenvalue weighted by atomic mass is 32.2. The molecule has 0 spiro atoms. The van der Waals surface area contributed by atoms with Gasteiger partial charge in [0.15, 0.2) is 11.1 Å². The van der Waals surface area contributed by atoms with Gasteiger partial charge in [0.25, 0.3) is 0 Å². The first-order valence-corrected chi connectivity index (χ1v) is 6.80. The van der Waals surface area contributed by atoms with Crippen molar-refractivity contribution in [3.8, 4) is 0 Å². The summed E-state index contributed by atoms with van der Waals surface area (Å²) in [5, 5.41) is 3.31. The molecule has 0 bridgehead atoms. The van der Waals surface area contributed by atoms with Crippen molar-refractivity contribution in [1.82, 2.24) is 0 Å². The number of nitrogens with zero attached hydrogens (tertiary/aromatic N) is 1. The van der Waals surface area contributed by atoms with E-state index in [1.54, 1.807) is 23.9 Å². The van der Waals surface area contributed by atoms with Gasteiger partial charge in [-0.1, -0.05) is 0 Å². The van der Waals surface area contributed by atoms with E-state index in [2.05, 4.69) is 10.2 Å². The Morgan fingerprint density at radius 2 is 2.33 bits per heavy atom. The Kier molecular flexibility index (Phi) is 2.90. The molecule has 0 radical (unpaired) electrons. The number of hydrogen-bond acceptors (Lipinski definition) is 4. The van der Waals surface area contributed by atoms with Crippen LogP contribution in [0.2, 0.25) is 0 Å². The lowest BCUT2D eigenvalue weighted by atomic mass is 10.3. The van der Waals surface area contributed by atoms with E-state index in [1.165, 1.54) is 0 Å². The van der Waals surface area contributed by atoms with Crippen LogP contribution in [0.5, 0.6) is 0 Å². The summed E-state index contributed by atoms with van der Waals surface area (Å²) in [4.78, 5) is 2.49. The summed E-state index contributed by atoms with van der Waals surface area (Å²) in [6.07, 6.45) is 2.02. The lowest BCUT2D eigenvalue weighted by Crippen LogP contribution is -2.28. The van der Waals surface area contributed by atoms with Crippen molar-refractivity contribution >= 4 is 34.2 Å². The van der Waals surface area contributed by atoms with Crippen molar-refractivity contribution in [3.63, 3.8) is 0 Å². The van der Waals surface area contributed by atoms with E-state index in [0.717, 1.165) is 11.4 Å². The lowest BCUT2D eigenvalue weighted by Gasteiger charge is -2.19. The smallest absolute Gasteiger partial charge is 0.186 e. The molecule has 0 aliphatic carbocycles. The van der Waals surface area contributed by atoms with Crippen LogP contribution < -0.4 is 10.2 Å². The molecule has 4 nitrogen and oxygen atoms in total. The average Bonchev–Trinajstić information content (AvgIpc) is 2.55. The van der Waals surface area contributed by atoms with E-state index in [0.29, 0.717) is 4.90 Å². The molecule has 2 unspecified atom stereocenters. The van der Waals surface area contributed by atoms with Gasteiger partial charge >= 0.3 is 0 Å². The molecule has 1 aromatic carbocycles. The zero-order valence-electron chi connectivity index (χ0n) is 8.43. The highest BCUT2D eigenvalue weighted by Gasteiger charge is 2.25. The molecule has 2 N–H and O–H groups in total. The minimum absolute atomic E-state index is 0.197. The van der Waals surface area contributed by atoms with Gasteiger partial charge in [-0.25, -0.2) is 4.21 Å². The second kappa shape index (κ2) is 4.03. The van der Waals surface area contributed by atoms with Crippen LogP contribution >= 0.6 is 11.8 Å². The molecular formula is C9H12N2O2S2. The fourth-order valence-corrected chi connectivity index (χ4v) is 2.68. The molecule has 1 aromatic rings. The Labute approximate surface area is 95.3 Å². The van der Waals surface area contributed by atoms with Gasteiger partial charge in [-0.2, -0.15) is 0 Å². The predicted molar refractivity (Wildman–Crippen MR) is 64.8 cm³/mol. The largest absolute Gasteiger partial charge is 0.355 e. The molecule has 15 heavy (non-hydrogen) atoms. The summed E-state index contributed by atoms with van der Waals surface area (Å²) in [6, 6.07) is 5.25. The molecule has 0 aromatic heterocycles. The van der Waals surface area contributed by atoms with Gasteiger partial charge in [0.2, 0.25) is 0 Å². The van der Waals surface area contributed by atoms with Gasteiger partial charge in [0.05, 0.1) is 16.3 Å². The van der Waals surface area contributed by atoms with Gasteiger partial charge in [-0.05, 0) is 24.5 Å². The normalized spacial score (nSPS) is 21.0. The summed E-state index contributed by atoms with van der Waals surface area (Å²) in [5.41, 5.74) is 2.17. The van der Waals surface area contributed by atoms with Crippen molar-refractivity contribution < 1.29 is 8.76 Å². The second-order valence-electron chi connectivity index (χ2n) is 3.27. The van der Waals surface area contributed by atoms with Gasteiger partial charge in [-0.15, -0.1) is 11.8 Å². The molecule has 0 fully saturated rings. The maximum absolute atomic E-state index is 10.9. The molecular weight excluding hydrogens is 232 g/mol. The highest BCUT2D eigenvalue weighted by Crippen LogP contribution is 2.37. The summed E-state index contributed by atoms with van der Waals surface area (Å²) < 4.78 is 19.9. The third kappa shape index (κ3) is 1.84. The third-order valence-corrected chi connectivity index (χ3v) is 3.94. The molecule has 1 heterocycles. The Bertz CT molecular complexity index is 411. The number of benzene rings is 1. The summed E-state index contributed by atoms with van der Waals surface area (Å²) in [7, 11) is 1.96. The molecule has 2 atom stereocenters. The van der Waals surface area contributed by atoms with Crippen molar-refractivity contribution in [2.24, 2.45) is 0 Å². The van der Waals surface area contributed by atoms with E-state index in [-0.39, 0.29) is 5.50 Å². The minimum atomic E-state index is -1.91. The van der Waals surface area contributed by atoms with Crippen molar-refractivity contribution in [2.45, 2.75) is 10.4 Å². The number of hydrogen-bond donors (Lipinski definition) is 2. The molecule has 1 aliphatic rings. The van der Waals surface area contributed by atoms with Gasteiger partial charge in [-0.3, -0.25) is 0 Å². The number of rotatable bonds is 2. The molecule has 2 rings (SSSR count). The quantitative estimate of drug-likeness (QED) is 0.777. The third-order valence-electron chi connectivity index (χ3n) is 2.40. The van der Waals surface area contributed by atoms with Crippen molar-refractivity contribution in [2.75, 3.05) is 23.5 Å². The van der Waals surface area contributed by atoms with Crippen molar-refractivity contribution in [1.29, 1.82) is 0 Å². The molecule has 6 heteroatoms. The van der Waals surface area contributed by atoms with Crippen LogP contribution in [-0.4, -0.2) is 27.6 Å². The maximum Gasteiger partial charge on any atom is 0.186 e. The zero-order chi connectivity index (χ0) is 11.0. The van der Waals surface area contributed by atoms with Crippen LogP contribution in [0, 0.1) is 0 Å². The second-order valence-corrected chi connectivity index (χ2v) is 5.16. The first-order chi connectivity index (χ1) is 7.13. The fraction of sp³-hybridized carbons (Fsp3) is 0.333. The van der Waals surface area contributed by atoms with Gasteiger partial charge in [0.1, 0.15) is 5.50 Å². The van der Waals surface area contributed by atoms with Crippen LogP contribution in [0.15, 0.2) is 23.1 Å². The van der Waals surface area contributed by atoms with E-state index >= 15 is 0 Å².